The Morgan fingerprint density at radius 3 is 2.58 bits per heavy atom. The van der Waals surface area contributed by atoms with E-state index in [-0.39, 0.29) is 5.39 Å². The summed E-state index contributed by atoms with van der Waals surface area (Å²) in [5.41, 5.74) is 0.555. The Morgan fingerprint density at radius 1 is 1.03 bits per heavy atom. The van der Waals surface area contributed by atoms with Crippen molar-refractivity contribution in [2.45, 2.75) is 77.0 Å². The normalized spacial score (nSPS) is 25.9. The number of unbranched alkanes of at least 4 members (excludes halogenated alkanes) is 2. The number of hydrogen-bond acceptors (Lipinski definition) is 2. The maximum Gasteiger partial charge on any atom is 0.343 e. The molecule has 2 aliphatic rings. The van der Waals surface area contributed by atoms with E-state index in [1.54, 1.807) is 6.07 Å². The van der Waals surface area contributed by atoms with Crippen molar-refractivity contribution in [3.05, 3.63) is 47.0 Å². The molecule has 2 nitrogen and oxygen atoms in total. The second-order valence-electron chi connectivity index (χ2n) is 9.72. The van der Waals surface area contributed by atoms with Crippen molar-refractivity contribution < 1.29 is 18.3 Å². The van der Waals surface area contributed by atoms with Crippen LogP contribution in [0.5, 0.6) is 0 Å². The first-order chi connectivity index (χ1) is 15.0. The predicted molar refractivity (Wildman–Crippen MR) is 120 cm³/mol. The van der Waals surface area contributed by atoms with E-state index in [2.05, 4.69) is 11.7 Å². The van der Waals surface area contributed by atoms with Crippen molar-refractivity contribution >= 4 is 16.7 Å². The molecular formula is C27H34F2O2. The molecule has 4 atom stereocenters. The van der Waals surface area contributed by atoms with Crippen LogP contribution in [-0.2, 0) is 4.74 Å². The first-order valence-corrected chi connectivity index (χ1v) is 12.0. The number of halogens is 2. The summed E-state index contributed by atoms with van der Waals surface area (Å²) in [7, 11) is 1.13. The summed E-state index contributed by atoms with van der Waals surface area (Å²) >= 11 is 0. The van der Waals surface area contributed by atoms with Crippen molar-refractivity contribution in [2.24, 2.45) is 17.8 Å². The maximum atomic E-state index is 14.8. The summed E-state index contributed by atoms with van der Waals surface area (Å²) in [5, 5.41) is 0.786. The fraction of sp³-hybridized carbons (Fsp3) is 0.593. The lowest BCUT2D eigenvalue weighted by Gasteiger charge is -2.42. The van der Waals surface area contributed by atoms with Gasteiger partial charge in [0.15, 0.2) is 0 Å². The highest BCUT2D eigenvalue weighted by Gasteiger charge is 2.36. The van der Waals surface area contributed by atoms with Crippen LogP contribution in [0.2, 0.25) is 0 Å². The van der Waals surface area contributed by atoms with Gasteiger partial charge in [-0.05, 0) is 72.8 Å². The molecule has 2 saturated carbocycles. The van der Waals surface area contributed by atoms with E-state index in [0.29, 0.717) is 11.3 Å². The average molecular weight is 429 g/mol. The third-order valence-electron chi connectivity index (χ3n) is 7.85. The van der Waals surface area contributed by atoms with Crippen LogP contribution in [0.25, 0.3) is 10.8 Å². The minimum atomic E-state index is -0.982. The Balaban J connectivity index is 1.47. The summed E-state index contributed by atoms with van der Waals surface area (Å²) in [6, 6.07) is 6.85. The Labute approximate surface area is 184 Å². The quantitative estimate of drug-likeness (QED) is 0.347. The summed E-state index contributed by atoms with van der Waals surface area (Å²) in [5.74, 6) is 0.331. The number of hydrogen-bond donors (Lipinski definition) is 0. The Hall–Kier alpha value is -1.97. The molecule has 2 fully saturated rings. The first kappa shape index (κ1) is 22.2. The standard InChI is InChI=1S/C27H34F2O2/c1-3-4-5-6-17-7-8-19-14-20(10-9-18(19)13-17)21-11-12-23-22(15-21)16-24(28)25(26(23)29)27(30)31-2/h11-12,15-20H,3-10,13-14H2,1-2H3/t17?,18-,19+,20?/m0/s1. The molecule has 168 valence electrons. The smallest absolute Gasteiger partial charge is 0.343 e. The molecule has 0 aliphatic heterocycles. The fourth-order valence-electron chi connectivity index (χ4n) is 6.13. The third-order valence-corrected chi connectivity index (χ3v) is 7.85. The zero-order valence-corrected chi connectivity index (χ0v) is 18.8. The van der Waals surface area contributed by atoms with Gasteiger partial charge >= 0.3 is 5.97 Å². The van der Waals surface area contributed by atoms with Crippen molar-refractivity contribution in [2.75, 3.05) is 7.11 Å². The van der Waals surface area contributed by atoms with Gasteiger partial charge in [-0.3, -0.25) is 0 Å². The number of benzene rings is 2. The van der Waals surface area contributed by atoms with Crippen LogP contribution >= 0.6 is 0 Å². The molecule has 2 aliphatic carbocycles. The lowest BCUT2D eigenvalue weighted by molar-refractivity contribution is 0.0590. The van der Waals surface area contributed by atoms with E-state index in [9.17, 15) is 13.6 Å². The highest BCUT2D eigenvalue weighted by Crippen LogP contribution is 2.48. The molecule has 0 bridgehead atoms. The highest BCUT2D eigenvalue weighted by molar-refractivity contribution is 5.96. The highest BCUT2D eigenvalue weighted by atomic mass is 19.1. The minimum absolute atomic E-state index is 0.270. The Bertz CT molecular complexity index is 938. The molecule has 0 aromatic heterocycles. The van der Waals surface area contributed by atoms with Crippen LogP contribution in [0.1, 0.15) is 93.0 Å². The molecule has 4 heteroatoms. The minimum Gasteiger partial charge on any atom is -0.465 e. The van der Waals surface area contributed by atoms with Gasteiger partial charge < -0.3 is 4.74 Å². The van der Waals surface area contributed by atoms with Gasteiger partial charge in [0, 0.05) is 5.39 Å². The van der Waals surface area contributed by atoms with Gasteiger partial charge in [0.05, 0.1) is 7.11 Å². The number of esters is 1. The van der Waals surface area contributed by atoms with Crippen LogP contribution in [0.4, 0.5) is 8.78 Å². The number of methoxy groups -OCH3 is 1. The summed E-state index contributed by atoms with van der Waals surface area (Å²) < 4.78 is 33.7. The number of fused-ring (bicyclic) bond motifs is 2. The zero-order chi connectivity index (χ0) is 22.0. The lowest BCUT2D eigenvalue weighted by atomic mass is 9.63. The largest absolute Gasteiger partial charge is 0.465 e. The van der Waals surface area contributed by atoms with Crippen LogP contribution in [0.15, 0.2) is 24.3 Å². The lowest BCUT2D eigenvalue weighted by Crippen LogP contribution is -2.30. The van der Waals surface area contributed by atoms with Gasteiger partial charge in [0.1, 0.15) is 17.2 Å². The topological polar surface area (TPSA) is 26.3 Å². The van der Waals surface area contributed by atoms with E-state index in [1.165, 1.54) is 69.4 Å². The predicted octanol–water partition coefficient (Wildman–Crippen LogP) is 7.78. The van der Waals surface area contributed by atoms with Gasteiger partial charge in [0.2, 0.25) is 0 Å². The van der Waals surface area contributed by atoms with Crippen molar-refractivity contribution in [1.29, 1.82) is 0 Å². The third kappa shape index (κ3) is 4.63. The number of rotatable bonds is 6. The molecule has 2 aromatic carbocycles. The molecule has 0 amide bonds. The maximum absolute atomic E-state index is 14.8. The average Bonchev–Trinajstić information content (AvgIpc) is 2.78. The van der Waals surface area contributed by atoms with Gasteiger partial charge in [0.25, 0.3) is 0 Å². The number of ether oxygens (including phenoxy) is 1. The molecule has 0 saturated heterocycles. The molecule has 2 unspecified atom stereocenters. The van der Waals surface area contributed by atoms with Crippen molar-refractivity contribution in [3.8, 4) is 0 Å². The second-order valence-corrected chi connectivity index (χ2v) is 9.72. The van der Waals surface area contributed by atoms with E-state index < -0.39 is 23.2 Å². The van der Waals surface area contributed by atoms with E-state index >= 15 is 0 Å². The van der Waals surface area contributed by atoms with Gasteiger partial charge in [-0.25, -0.2) is 13.6 Å². The Kier molecular flexibility index (Phi) is 6.93. The second kappa shape index (κ2) is 9.67. The van der Waals surface area contributed by atoms with Gasteiger partial charge in [-0.15, -0.1) is 0 Å². The van der Waals surface area contributed by atoms with Crippen molar-refractivity contribution in [3.63, 3.8) is 0 Å². The molecule has 31 heavy (non-hydrogen) atoms. The molecule has 0 spiro atoms. The molecular weight excluding hydrogens is 394 g/mol. The van der Waals surface area contributed by atoms with Crippen LogP contribution in [0, 0.1) is 29.4 Å². The number of carbonyl (C=O) groups is 1. The molecule has 4 rings (SSSR count). The molecule has 0 radical (unpaired) electrons. The first-order valence-electron chi connectivity index (χ1n) is 12.0. The van der Waals surface area contributed by atoms with Crippen molar-refractivity contribution in [1.82, 2.24) is 0 Å². The summed E-state index contributed by atoms with van der Waals surface area (Å²) in [6.45, 7) is 2.27. The monoisotopic (exact) mass is 428 g/mol. The summed E-state index contributed by atoms with van der Waals surface area (Å²) in [4.78, 5) is 11.7. The van der Waals surface area contributed by atoms with Gasteiger partial charge in [-0.1, -0.05) is 57.2 Å². The van der Waals surface area contributed by atoms with Gasteiger partial charge in [-0.2, -0.15) is 0 Å². The van der Waals surface area contributed by atoms with E-state index in [1.807, 2.05) is 12.1 Å². The SMILES string of the molecule is CCCCCC1CC[C@@H]2CC(c3ccc4c(F)c(C(=O)OC)c(F)cc4c3)CC[C@H]2C1. The summed E-state index contributed by atoms with van der Waals surface area (Å²) in [6.07, 6.45) is 13.1. The van der Waals surface area contributed by atoms with Crippen LogP contribution in [0.3, 0.4) is 0 Å². The molecule has 2 aromatic rings. The molecule has 0 heterocycles. The van der Waals surface area contributed by atoms with Crippen LogP contribution in [-0.4, -0.2) is 13.1 Å². The molecule has 0 N–H and O–H groups in total. The van der Waals surface area contributed by atoms with E-state index in [0.717, 1.165) is 31.3 Å². The van der Waals surface area contributed by atoms with Crippen LogP contribution < -0.4 is 0 Å². The Morgan fingerprint density at radius 2 is 1.81 bits per heavy atom. The zero-order valence-electron chi connectivity index (χ0n) is 18.8. The fourth-order valence-corrected chi connectivity index (χ4v) is 6.13. The number of carbonyl (C=O) groups excluding carboxylic acids is 1. The van der Waals surface area contributed by atoms with E-state index in [4.69, 9.17) is 0 Å².